The van der Waals surface area contributed by atoms with E-state index >= 15 is 0 Å². The highest BCUT2D eigenvalue weighted by Crippen LogP contribution is 2.24. The molecule has 2 unspecified atom stereocenters. The lowest BCUT2D eigenvalue weighted by Crippen LogP contribution is -2.48. The molecule has 0 aliphatic carbocycles. The minimum absolute atomic E-state index is 0.0598. The first-order valence-electron chi connectivity index (χ1n) is 10.9. The minimum atomic E-state index is -3.16. The molecule has 0 bridgehead atoms. The highest BCUT2D eigenvalue weighted by molar-refractivity contribution is 7.91. The van der Waals surface area contributed by atoms with E-state index in [1.54, 1.807) is 35.2 Å². The Hall–Kier alpha value is -2.58. The van der Waals surface area contributed by atoms with E-state index in [1.165, 1.54) is 0 Å². The Morgan fingerprint density at radius 2 is 1.85 bits per heavy atom. The van der Waals surface area contributed by atoms with Crippen LogP contribution in [0.3, 0.4) is 0 Å². The number of benzene rings is 2. The van der Waals surface area contributed by atoms with Crippen LogP contribution in [0.5, 0.6) is 5.75 Å². The van der Waals surface area contributed by atoms with Gasteiger partial charge in [0, 0.05) is 22.7 Å². The predicted octanol–water partition coefficient (Wildman–Crippen LogP) is 3.89. The van der Waals surface area contributed by atoms with Gasteiger partial charge in [-0.05, 0) is 38.0 Å². The maximum Gasteiger partial charge on any atom is 0.342 e. The summed E-state index contributed by atoms with van der Waals surface area (Å²) in [4.78, 5) is 27.2. The number of para-hydroxylation sites is 1. The zero-order chi connectivity index (χ0) is 24.0. The molecular formula is C24H28ClNO6S. The molecule has 1 heterocycles. The number of hydrogen-bond donors (Lipinski definition) is 0. The van der Waals surface area contributed by atoms with Crippen molar-refractivity contribution in [3.63, 3.8) is 0 Å². The van der Waals surface area contributed by atoms with Gasteiger partial charge in [0.1, 0.15) is 17.9 Å². The third-order valence-electron chi connectivity index (χ3n) is 5.73. The number of hydrogen-bond acceptors (Lipinski definition) is 6. The number of sulfone groups is 1. The molecule has 9 heteroatoms. The molecule has 3 rings (SSSR count). The summed E-state index contributed by atoms with van der Waals surface area (Å²) in [6.07, 6.45) is 1.06. The van der Waals surface area contributed by atoms with Crippen LogP contribution in [-0.4, -0.2) is 55.4 Å². The van der Waals surface area contributed by atoms with Crippen molar-refractivity contribution in [2.45, 2.75) is 45.4 Å². The van der Waals surface area contributed by atoms with Gasteiger partial charge in [0.25, 0.3) is 5.91 Å². The quantitative estimate of drug-likeness (QED) is 0.492. The molecule has 33 heavy (non-hydrogen) atoms. The van der Waals surface area contributed by atoms with Crippen molar-refractivity contribution in [1.82, 2.24) is 4.90 Å². The molecule has 2 atom stereocenters. The molecule has 0 N–H and O–H groups in total. The second-order valence-corrected chi connectivity index (χ2v) is 10.7. The van der Waals surface area contributed by atoms with Crippen LogP contribution in [-0.2, 0) is 26.0 Å². The number of ether oxygens (including phenoxy) is 2. The van der Waals surface area contributed by atoms with Crippen LogP contribution in [0.15, 0.2) is 48.5 Å². The number of esters is 1. The average Bonchev–Trinajstić information content (AvgIpc) is 3.16. The summed E-state index contributed by atoms with van der Waals surface area (Å²) in [5.74, 6) is -0.783. The molecule has 7 nitrogen and oxygen atoms in total. The van der Waals surface area contributed by atoms with Gasteiger partial charge in [-0.15, -0.1) is 0 Å². The summed E-state index contributed by atoms with van der Waals surface area (Å²) in [7, 11) is -3.16. The first kappa shape index (κ1) is 25.1. The third kappa shape index (κ3) is 6.48. The monoisotopic (exact) mass is 493 g/mol. The normalized spacial score (nSPS) is 17.8. The largest absolute Gasteiger partial charge is 0.488 e. The third-order valence-corrected chi connectivity index (χ3v) is 7.85. The molecule has 2 aromatic carbocycles. The molecule has 0 radical (unpaired) electrons. The molecule has 0 saturated carbocycles. The molecule has 2 aromatic rings. The van der Waals surface area contributed by atoms with Gasteiger partial charge in [-0.2, -0.15) is 0 Å². The summed E-state index contributed by atoms with van der Waals surface area (Å²) >= 11 is 6.16. The van der Waals surface area contributed by atoms with E-state index in [2.05, 4.69) is 0 Å². The Balaban J connectivity index is 1.66. The van der Waals surface area contributed by atoms with E-state index in [-0.39, 0.29) is 29.7 Å². The zero-order valence-electron chi connectivity index (χ0n) is 18.7. The summed E-state index contributed by atoms with van der Waals surface area (Å²) < 4.78 is 34.9. The highest BCUT2D eigenvalue weighted by Gasteiger charge is 2.36. The fraction of sp³-hybridized carbons (Fsp3) is 0.417. The summed E-state index contributed by atoms with van der Waals surface area (Å²) in [6, 6.07) is 13.3. The Bertz CT molecular complexity index is 1100. The topological polar surface area (TPSA) is 90.0 Å². The molecule has 1 amide bonds. The van der Waals surface area contributed by atoms with Crippen LogP contribution >= 0.6 is 11.6 Å². The molecule has 1 aliphatic heterocycles. The van der Waals surface area contributed by atoms with E-state index in [0.29, 0.717) is 23.6 Å². The minimum Gasteiger partial charge on any atom is -0.488 e. The lowest BCUT2D eigenvalue weighted by atomic mass is 10.1. The lowest BCUT2D eigenvalue weighted by Gasteiger charge is -2.33. The van der Waals surface area contributed by atoms with Crippen LogP contribution < -0.4 is 4.74 Å². The van der Waals surface area contributed by atoms with Crippen LogP contribution in [0.2, 0.25) is 5.02 Å². The Kier molecular flexibility index (Phi) is 8.37. The van der Waals surface area contributed by atoms with Gasteiger partial charge in [-0.3, -0.25) is 4.79 Å². The molecule has 0 spiro atoms. The molecule has 1 fully saturated rings. The van der Waals surface area contributed by atoms with Crippen molar-refractivity contribution < 1.29 is 27.5 Å². The number of halogens is 1. The summed E-state index contributed by atoms with van der Waals surface area (Å²) in [5, 5.41) is 0.558. The second kappa shape index (κ2) is 11.0. The number of carbonyl (C=O) groups excluding carboxylic acids is 2. The molecule has 178 valence electrons. The maximum absolute atomic E-state index is 12.9. The van der Waals surface area contributed by atoms with Gasteiger partial charge in [-0.25, -0.2) is 13.2 Å². The van der Waals surface area contributed by atoms with Crippen molar-refractivity contribution >= 4 is 33.3 Å². The van der Waals surface area contributed by atoms with Crippen LogP contribution in [0.4, 0.5) is 0 Å². The maximum atomic E-state index is 12.9. The first-order chi connectivity index (χ1) is 15.7. The zero-order valence-corrected chi connectivity index (χ0v) is 20.3. The van der Waals surface area contributed by atoms with Crippen molar-refractivity contribution in [1.29, 1.82) is 0 Å². The van der Waals surface area contributed by atoms with Gasteiger partial charge in [-0.1, -0.05) is 48.9 Å². The Morgan fingerprint density at radius 3 is 2.52 bits per heavy atom. The molecule has 1 saturated heterocycles. The number of carbonyl (C=O) groups is 2. The van der Waals surface area contributed by atoms with Crippen molar-refractivity contribution in [2.24, 2.45) is 0 Å². The summed E-state index contributed by atoms with van der Waals surface area (Å²) in [6.45, 7) is 3.48. The van der Waals surface area contributed by atoms with Gasteiger partial charge in [0.2, 0.25) is 0 Å². The van der Waals surface area contributed by atoms with Crippen LogP contribution in [0, 0.1) is 0 Å². The van der Waals surface area contributed by atoms with Gasteiger partial charge in [0.15, 0.2) is 16.4 Å². The van der Waals surface area contributed by atoms with Crippen molar-refractivity contribution in [2.75, 3.05) is 18.1 Å². The van der Waals surface area contributed by atoms with Crippen LogP contribution in [0.1, 0.15) is 42.6 Å². The van der Waals surface area contributed by atoms with Gasteiger partial charge < -0.3 is 14.4 Å². The fourth-order valence-electron chi connectivity index (χ4n) is 3.81. The smallest absolute Gasteiger partial charge is 0.342 e. The van der Waals surface area contributed by atoms with E-state index in [4.69, 9.17) is 21.1 Å². The molecule has 0 aromatic heterocycles. The number of rotatable bonds is 9. The van der Waals surface area contributed by atoms with E-state index in [0.717, 1.165) is 5.56 Å². The van der Waals surface area contributed by atoms with Crippen molar-refractivity contribution in [3.8, 4) is 5.75 Å². The van der Waals surface area contributed by atoms with E-state index < -0.39 is 34.4 Å². The fourth-order valence-corrected chi connectivity index (χ4v) is 5.71. The van der Waals surface area contributed by atoms with Crippen LogP contribution in [0.25, 0.3) is 0 Å². The molecule has 1 aliphatic rings. The van der Waals surface area contributed by atoms with E-state index in [1.807, 2.05) is 32.0 Å². The van der Waals surface area contributed by atoms with Gasteiger partial charge in [0.05, 0.1) is 11.5 Å². The Labute approximate surface area is 199 Å². The van der Waals surface area contributed by atoms with E-state index in [9.17, 15) is 18.0 Å². The standard InChI is InChI=1S/C24H28ClNO6S/c1-3-17(2)26(19-12-13-33(29,30)16-19)23(27)15-32-24(28)20-9-5-7-11-22(20)31-14-18-8-4-6-10-21(18)25/h4-11,17,19H,3,12-16H2,1-2H3. The van der Waals surface area contributed by atoms with Gasteiger partial charge >= 0.3 is 5.97 Å². The lowest BCUT2D eigenvalue weighted by molar-refractivity contribution is -0.138. The average molecular weight is 494 g/mol. The van der Waals surface area contributed by atoms with Crippen molar-refractivity contribution in [3.05, 3.63) is 64.7 Å². The SMILES string of the molecule is CCC(C)N(C(=O)COC(=O)c1ccccc1OCc1ccccc1Cl)C1CCS(=O)(=O)C1. The summed E-state index contributed by atoms with van der Waals surface area (Å²) in [5.41, 5.74) is 0.962. The second-order valence-electron chi connectivity index (χ2n) is 8.07. The first-order valence-corrected chi connectivity index (χ1v) is 13.1. The highest BCUT2D eigenvalue weighted by atomic mass is 35.5. The number of amides is 1. The Morgan fingerprint density at radius 1 is 1.15 bits per heavy atom. The molecular weight excluding hydrogens is 466 g/mol. The predicted molar refractivity (Wildman–Crippen MR) is 126 cm³/mol. The number of nitrogens with zero attached hydrogens (tertiary/aromatic N) is 1.